The molecule has 9 nitrogen and oxygen atoms in total. The molecule has 1 saturated carbocycles. The zero-order valence-corrected chi connectivity index (χ0v) is 21.8. The number of halogens is 1. The molecule has 7 N–H and O–H groups in total. The van der Waals surface area contributed by atoms with Crippen LogP contribution in [0.25, 0.3) is 0 Å². The second-order valence-electron chi connectivity index (χ2n) is 11.9. The van der Waals surface area contributed by atoms with Crippen LogP contribution in [0, 0.1) is 16.7 Å². The van der Waals surface area contributed by atoms with Crippen molar-refractivity contribution < 1.29 is 13.9 Å². The highest BCUT2D eigenvalue weighted by atomic mass is 19.1. The molecule has 202 valence electrons. The van der Waals surface area contributed by atoms with E-state index >= 15 is 0 Å². The Bertz CT molecular complexity index is 886. The average Bonchev–Trinajstić information content (AvgIpc) is 3.11. The number of alkyl halides is 1. The number of dihydropyridines is 1. The van der Waals surface area contributed by atoms with E-state index in [1.165, 1.54) is 0 Å². The number of rotatable bonds is 8. The molecular formula is C26H44FN7O2. The van der Waals surface area contributed by atoms with Gasteiger partial charge >= 0.3 is 0 Å². The Balaban J connectivity index is 1.30. The molecule has 6 unspecified atom stereocenters. The quantitative estimate of drug-likeness (QED) is 0.311. The number of nitrogens with one attached hydrogen (secondary N) is 3. The number of hydrogen-bond donors (Lipinski definition) is 5. The van der Waals surface area contributed by atoms with E-state index in [-0.39, 0.29) is 35.4 Å². The molecule has 0 aromatic carbocycles. The molecule has 7 atom stereocenters. The lowest BCUT2D eigenvalue weighted by atomic mass is 9.77. The van der Waals surface area contributed by atoms with Gasteiger partial charge in [-0.2, -0.15) is 0 Å². The fourth-order valence-corrected chi connectivity index (χ4v) is 7.45. The molecule has 0 aromatic heterocycles. The Hall–Kier alpha value is -1.59. The third-order valence-corrected chi connectivity index (χ3v) is 9.37. The predicted octanol–water partition coefficient (Wildman–Crippen LogP) is 0.955. The van der Waals surface area contributed by atoms with Gasteiger partial charge in [0.2, 0.25) is 5.91 Å². The lowest BCUT2D eigenvalue weighted by molar-refractivity contribution is -0.126. The smallest absolute Gasteiger partial charge is 0.231 e. The van der Waals surface area contributed by atoms with Gasteiger partial charge in [-0.25, -0.2) is 4.39 Å². The molecule has 4 aliphatic heterocycles. The summed E-state index contributed by atoms with van der Waals surface area (Å²) in [4.78, 5) is 20.5. The summed E-state index contributed by atoms with van der Waals surface area (Å²) in [6.07, 6.45) is 6.35. The molecule has 0 radical (unpaired) electrons. The number of allylic oxidation sites excluding steroid dienone is 1. The van der Waals surface area contributed by atoms with Crippen molar-refractivity contribution >= 4 is 12.1 Å². The Labute approximate surface area is 214 Å². The van der Waals surface area contributed by atoms with Gasteiger partial charge in [0, 0.05) is 51.3 Å². The summed E-state index contributed by atoms with van der Waals surface area (Å²) in [6.45, 7) is 7.88. The maximum atomic E-state index is 14.8. The van der Waals surface area contributed by atoms with E-state index in [1.807, 2.05) is 6.21 Å². The molecule has 3 saturated heterocycles. The third kappa shape index (κ3) is 5.07. The Morgan fingerprint density at radius 2 is 2.22 bits per heavy atom. The van der Waals surface area contributed by atoms with Crippen molar-refractivity contribution in [3.05, 3.63) is 11.5 Å². The normalized spacial score (nSPS) is 39.4. The van der Waals surface area contributed by atoms with Crippen LogP contribution >= 0.6 is 0 Å². The van der Waals surface area contributed by atoms with Crippen molar-refractivity contribution in [2.45, 2.75) is 89.4 Å². The molecule has 36 heavy (non-hydrogen) atoms. The highest BCUT2D eigenvalue weighted by Gasteiger charge is 2.65. The van der Waals surface area contributed by atoms with Crippen LogP contribution in [0.4, 0.5) is 4.39 Å². The second kappa shape index (κ2) is 10.3. The van der Waals surface area contributed by atoms with E-state index in [0.717, 1.165) is 57.5 Å². The first-order valence-corrected chi connectivity index (χ1v) is 13.8. The number of carbonyl (C=O) groups excluding carboxylic acids is 1. The van der Waals surface area contributed by atoms with Crippen molar-refractivity contribution in [2.75, 3.05) is 32.7 Å². The number of ether oxygens (including phenoxy) is 1. The Morgan fingerprint density at radius 3 is 2.97 bits per heavy atom. The number of fused-ring (bicyclic) bond motifs is 2. The number of nitrogens with zero attached hydrogens (tertiary/aromatic N) is 2. The summed E-state index contributed by atoms with van der Waals surface area (Å²) >= 11 is 0. The Morgan fingerprint density at radius 1 is 1.39 bits per heavy atom. The fourth-order valence-electron chi connectivity index (χ4n) is 7.45. The summed E-state index contributed by atoms with van der Waals surface area (Å²) in [6, 6.07) is -0.290. The van der Waals surface area contributed by atoms with Crippen LogP contribution in [0.5, 0.6) is 0 Å². The standard InChI is InChI=1S/C26H44FN7O2/c1-3-5-26-11-18(32-12-16(27)10-25(26,2)15-26)22(23(28)29)24(35)33-19-13-30-6-4-20(19)36-17-9-21-31-7-8-34(21)14-17/h6,16-18,21-23,31-32H,3-5,7-15,28-29H2,1-2H3,(H,33,35)/t16?,17-,18?,21?,22?,25?,26?/m0/s1. The zero-order valence-electron chi connectivity index (χ0n) is 21.8. The van der Waals surface area contributed by atoms with Crippen molar-refractivity contribution in [3.8, 4) is 0 Å². The summed E-state index contributed by atoms with van der Waals surface area (Å²) < 4.78 is 21.2. The Kier molecular flexibility index (Phi) is 7.44. The molecule has 4 heterocycles. The van der Waals surface area contributed by atoms with Gasteiger partial charge in [-0.05, 0) is 36.5 Å². The second-order valence-corrected chi connectivity index (χ2v) is 11.9. The van der Waals surface area contributed by atoms with Gasteiger partial charge in [-0.3, -0.25) is 14.7 Å². The van der Waals surface area contributed by atoms with Crippen LogP contribution in [-0.4, -0.2) is 80.4 Å². The number of aliphatic imine (C=N–C) groups is 1. The first-order chi connectivity index (χ1) is 17.2. The number of carbonyl (C=O) groups is 1. The topological polar surface area (TPSA) is 130 Å². The van der Waals surface area contributed by atoms with Crippen LogP contribution in [-0.2, 0) is 9.53 Å². The van der Waals surface area contributed by atoms with Crippen LogP contribution in [0.3, 0.4) is 0 Å². The van der Waals surface area contributed by atoms with Gasteiger partial charge in [-0.1, -0.05) is 20.3 Å². The SMILES string of the molecule is CCCC12CC(C(C(=O)NC3=C(O[C@H]4CC5NCCN5C4)CC=NC3)C(N)N)NCC(F)CC1(C)C2. The minimum atomic E-state index is -0.944. The fraction of sp³-hybridized carbons (Fsp3) is 0.846. The summed E-state index contributed by atoms with van der Waals surface area (Å²) in [7, 11) is 0. The highest BCUT2D eigenvalue weighted by molar-refractivity contribution is 5.82. The monoisotopic (exact) mass is 505 g/mol. The minimum absolute atomic E-state index is 0.0193. The number of amides is 1. The molecule has 5 rings (SSSR count). The van der Waals surface area contributed by atoms with E-state index in [2.05, 4.69) is 39.7 Å². The zero-order chi connectivity index (χ0) is 25.5. The summed E-state index contributed by atoms with van der Waals surface area (Å²) in [5, 5.41) is 9.92. The van der Waals surface area contributed by atoms with E-state index in [9.17, 15) is 9.18 Å². The van der Waals surface area contributed by atoms with Crippen LogP contribution < -0.4 is 27.4 Å². The molecule has 4 fully saturated rings. The first kappa shape index (κ1) is 26.0. The molecule has 1 amide bonds. The first-order valence-electron chi connectivity index (χ1n) is 13.8. The molecule has 1 aliphatic carbocycles. The van der Waals surface area contributed by atoms with Gasteiger partial charge < -0.3 is 32.2 Å². The number of nitrogens with two attached hydrogens (primary N) is 2. The molecule has 10 heteroatoms. The van der Waals surface area contributed by atoms with E-state index in [1.54, 1.807) is 0 Å². The van der Waals surface area contributed by atoms with Crippen LogP contribution in [0.15, 0.2) is 16.4 Å². The lowest BCUT2D eigenvalue weighted by Crippen LogP contribution is -2.58. The van der Waals surface area contributed by atoms with E-state index in [4.69, 9.17) is 16.2 Å². The van der Waals surface area contributed by atoms with Gasteiger partial charge in [0.05, 0.1) is 30.5 Å². The maximum Gasteiger partial charge on any atom is 0.231 e. The van der Waals surface area contributed by atoms with Crippen molar-refractivity contribution in [3.63, 3.8) is 0 Å². The van der Waals surface area contributed by atoms with E-state index in [0.29, 0.717) is 31.2 Å². The minimum Gasteiger partial charge on any atom is -0.491 e. The maximum absolute atomic E-state index is 14.8. The third-order valence-electron chi connectivity index (χ3n) is 9.37. The summed E-state index contributed by atoms with van der Waals surface area (Å²) in [5.74, 6) is -0.162. The van der Waals surface area contributed by atoms with Gasteiger partial charge in [0.15, 0.2) is 0 Å². The van der Waals surface area contributed by atoms with Crippen LogP contribution in [0.1, 0.15) is 58.8 Å². The summed E-state index contributed by atoms with van der Waals surface area (Å²) in [5.41, 5.74) is 13.1. The molecular weight excluding hydrogens is 461 g/mol. The van der Waals surface area contributed by atoms with Crippen molar-refractivity contribution in [1.29, 1.82) is 0 Å². The van der Waals surface area contributed by atoms with Crippen molar-refractivity contribution in [1.82, 2.24) is 20.9 Å². The molecule has 0 spiro atoms. The van der Waals surface area contributed by atoms with Gasteiger partial charge in [0.1, 0.15) is 18.0 Å². The van der Waals surface area contributed by atoms with Gasteiger partial charge in [0.25, 0.3) is 0 Å². The highest BCUT2D eigenvalue weighted by Crippen LogP contribution is 2.71. The van der Waals surface area contributed by atoms with Crippen molar-refractivity contribution in [2.24, 2.45) is 33.2 Å². The molecule has 0 aromatic rings. The van der Waals surface area contributed by atoms with E-state index < -0.39 is 18.3 Å². The predicted molar refractivity (Wildman–Crippen MR) is 138 cm³/mol. The molecule has 0 bridgehead atoms. The van der Waals surface area contributed by atoms with Crippen LogP contribution in [0.2, 0.25) is 0 Å². The van der Waals surface area contributed by atoms with Gasteiger partial charge in [-0.15, -0.1) is 0 Å². The number of hydrogen-bond acceptors (Lipinski definition) is 8. The lowest BCUT2D eigenvalue weighted by Gasteiger charge is -2.37. The average molecular weight is 506 g/mol. The largest absolute Gasteiger partial charge is 0.491 e. The molecule has 5 aliphatic rings.